The number of nitrogens with one attached hydrogen (secondary N) is 1. The van der Waals surface area contributed by atoms with E-state index in [0.29, 0.717) is 24.7 Å². The molecule has 0 fully saturated rings. The van der Waals surface area contributed by atoms with Crippen molar-refractivity contribution >= 4 is 12.0 Å². The van der Waals surface area contributed by atoms with Gasteiger partial charge in [-0.2, -0.15) is 0 Å². The van der Waals surface area contributed by atoms with Crippen LogP contribution in [0.3, 0.4) is 0 Å². The molecule has 0 spiro atoms. The second kappa shape index (κ2) is 8.63. The maximum absolute atomic E-state index is 10.8. The molecule has 0 unspecified atom stereocenters. The fraction of sp³-hybridized carbons (Fsp3) is 0.211. The van der Waals surface area contributed by atoms with E-state index in [1.165, 1.54) is 6.92 Å². The number of methoxy groups -OCH3 is 1. The van der Waals surface area contributed by atoms with Crippen LogP contribution in [0.1, 0.15) is 18.1 Å². The molecule has 4 heteroatoms. The summed E-state index contributed by atoms with van der Waals surface area (Å²) in [5.41, 5.74) is 2.08. The van der Waals surface area contributed by atoms with Crippen molar-refractivity contribution in [1.82, 2.24) is 5.32 Å². The smallest absolute Gasteiger partial charge is 0.217 e. The Morgan fingerprint density at radius 2 is 1.91 bits per heavy atom. The summed E-state index contributed by atoms with van der Waals surface area (Å²) in [6, 6.07) is 15.7. The van der Waals surface area contributed by atoms with Crippen LogP contribution in [-0.4, -0.2) is 19.6 Å². The van der Waals surface area contributed by atoms with Gasteiger partial charge in [-0.1, -0.05) is 48.6 Å². The molecule has 0 radical (unpaired) electrons. The lowest BCUT2D eigenvalue weighted by Crippen LogP contribution is -2.19. The third-order valence-corrected chi connectivity index (χ3v) is 3.20. The number of carbonyl (C=O) groups is 1. The zero-order valence-corrected chi connectivity index (χ0v) is 13.4. The van der Waals surface area contributed by atoms with E-state index in [4.69, 9.17) is 9.47 Å². The average molecular weight is 311 g/mol. The predicted molar refractivity (Wildman–Crippen MR) is 91.5 cm³/mol. The minimum atomic E-state index is -0.0451. The Bertz CT molecular complexity index is 666. The highest BCUT2D eigenvalue weighted by Gasteiger charge is 2.05. The average Bonchev–Trinajstić information content (AvgIpc) is 2.58. The lowest BCUT2D eigenvalue weighted by atomic mass is 10.2. The van der Waals surface area contributed by atoms with E-state index < -0.39 is 0 Å². The van der Waals surface area contributed by atoms with Crippen LogP contribution in [0.15, 0.2) is 54.6 Å². The van der Waals surface area contributed by atoms with E-state index in [1.54, 1.807) is 7.11 Å². The Kier molecular flexibility index (Phi) is 6.24. The van der Waals surface area contributed by atoms with Gasteiger partial charge in [-0.15, -0.1) is 0 Å². The number of hydrogen-bond donors (Lipinski definition) is 1. The third-order valence-electron chi connectivity index (χ3n) is 3.20. The molecule has 0 atom stereocenters. The maximum Gasteiger partial charge on any atom is 0.217 e. The van der Waals surface area contributed by atoms with Crippen LogP contribution in [-0.2, 0) is 11.4 Å². The molecular weight excluding hydrogens is 290 g/mol. The molecule has 0 heterocycles. The highest BCUT2D eigenvalue weighted by Crippen LogP contribution is 2.29. The Morgan fingerprint density at radius 3 is 2.61 bits per heavy atom. The van der Waals surface area contributed by atoms with Crippen molar-refractivity contribution in [3.05, 3.63) is 65.7 Å². The summed E-state index contributed by atoms with van der Waals surface area (Å²) < 4.78 is 11.2. The zero-order valence-electron chi connectivity index (χ0n) is 13.4. The molecule has 1 N–H and O–H groups in total. The molecule has 4 nitrogen and oxygen atoms in total. The Labute approximate surface area is 136 Å². The Hall–Kier alpha value is -2.75. The summed E-state index contributed by atoms with van der Waals surface area (Å²) in [7, 11) is 1.62. The summed E-state index contributed by atoms with van der Waals surface area (Å²) in [5.74, 6) is 1.34. The molecule has 120 valence electrons. The largest absolute Gasteiger partial charge is 0.493 e. The Morgan fingerprint density at radius 1 is 1.13 bits per heavy atom. The van der Waals surface area contributed by atoms with Gasteiger partial charge < -0.3 is 14.8 Å². The van der Waals surface area contributed by atoms with E-state index in [9.17, 15) is 4.79 Å². The topological polar surface area (TPSA) is 47.6 Å². The highest BCUT2D eigenvalue weighted by atomic mass is 16.5. The minimum absolute atomic E-state index is 0.0451. The van der Waals surface area contributed by atoms with Gasteiger partial charge in [-0.25, -0.2) is 0 Å². The van der Waals surface area contributed by atoms with Crippen molar-refractivity contribution in [3.8, 4) is 11.5 Å². The molecule has 0 aliphatic rings. The van der Waals surface area contributed by atoms with E-state index in [-0.39, 0.29) is 5.91 Å². The van der Waals surface area contributed by atoms with Crippen LogP contribution in [0.5, 0.6) is 11.5 Å². The van der Waals surface area contributed by atoms with Gasteiger partial charge in [0.15, 0.2) is 11.5 Å². The van der Waals surface area contributed by atoms with Crippen molar-refractivity contribution in [3.63, 3.8) is 0 Å². The van der Waals surface area contributed by atoms with Crippen LogP contribution in [0.2, 0.25) is 0 Å². The first kappa shape index (κ1) is 16.6. The Balaban J connectivity index is 2.04. The van der Waals surface area contributed by atoms with Gasteiger partial charge in [-0.3, -0.25) is 4.79 Å². The molecule has 1 amide bonds. The zero-order chi connectivity index (χ0) is 16.5. The van der Waals surface area contributed by atoms with E-state index in [2.05, 4.69) is 5.32 Å². The standard InChI is InChI=1S/C19H21NO3/c1-15(21)20-12-6-9-16-10-11-18(22-2)19(13-16)23-14-17-7-4-3-5-8-17/h3-11,13H,12,14H2,1-2H3,(H,20,21). The quantitative estimate of drug-likeness (QED) is 0.852. The molecule has 2 aromatic carbocycles. The first-order valence-electron chi connectivity index (χ1n) is 7.45. The van der Waals surface area contributed by atoms with Gasteiger partial charge in [-0.05, 0) is 23.3 Å². The second-order valence-electron chi connectivity index (χ2n) is 5.02. The lowest BCUT2D eigenvalue weighted by Gasteiger charge is -2.11. The summed E-state index contributed by atoms with van der Waals surface area (Å²) in [5, 5.41) is 2.72. The molecule has 0 bridgehead atoms. The summed E-state index contributed by atoms with van der Waals surface area (Å²) in [6.07, 6.45) is 3.83. The second-order valence-corrected chi connectivity index (χ2v) is 5.02. The fourth-order valence-electron chi connectivity index (χ4n) is 2.04. The lowest BCUT2D eigenvalue weighted by molar-refractivity contribution is -0.118. The van der Waals surface area contributed by atoms with Gasteiger partial charge in [0.1, 0.15) is 6.61 Å². The van der Waals surface area contributed by atoms with Crippen molar-refractivity contribution < 1.29 is 14.3 Å². The molecule has 0 saturated heterocycles. The van der Waals surface area contributed by atoms with Crippen molar-refractivity contribution in [1.29, 1.82) is 0 Å². The van der Waals surface area contributed by atoms with Crippen molar-refractivity contribution in [2.75, 3.05) is 13.7 Å². The SMILES string of the molecule is COc1ccc(C=CCNC(C)=O)cc1OCc1ccccc1. The number of rotatable bonds is 7. The predicted octanol–water partition coefficient (Wildman–Crippen LogP) is 3.42. The molecule has 2 aromatic rings. The van der Waals surface area contributed by atoms with Crippen LogP contribution in [0, 0.1) is 0 Å². The molecule has 0 saturated carbocycles. The fourth-order valence-corrected chi connectivity index (χ4v) is 2.04. The van der Waals surface area contributed by atoms with E-state index in [1.807, 2.05) is 60.7 Å². The number of carbonyl (C=O) groups excluding carboxylic acids is 1. The number of amides is 1. The summed E-state index contributed by atoms with van der Waals surface area (Å²) >= 11 is 0. The monoisotopic (exact) mass is 311 g/mol. The third kappa shape index (κ3) is 5.51. The molecule has 2 rings (SSSR count). The van der Waals surface area contributed by atoms with Crippen molar-refractivity contribution in [2.45, 2.75) is 13.5 Å². The molecule has 23 heavy (non-hydrogen) atoms. The molecule has 0 aliphatic carbocycles. The molecule has 0 aromatic heterocycles. The minimum Gasteiger partial charge on any atom is -0.493 e. The van der Waals surface area contributed by atoms with E-state index >= 15 is 0 Å². The number of hydrogen-bond acceptors (Lipinski definition) is 3. The first-order valence-corrected chi connectivity index (χ1v) is 7.45. The normalized spacial score (nSPS) is 10.5. The van der Waals surface area contributed by atoms with Crippen LogP contribution in [0.4, 0.5) is 0 Å². The number of benzene rings is 2. The van der Waals surface area contributed by atoms with E-state index in [0.717, 1.165) is 11.1 Å². The van der Waals surface area contributed by atoms with Gasteiger partial charge in [0, 0.05) is 13.5 Å². The van der Waals surface area contributed by atoms with Gasteiger partial charge in [0.2, 0.25) is 5.91 Å². The van der Waals surface area contributed by atoms with Crippen LogP contribution >= 0.6 is 0 Å². The van der Waals surface area contributed by atoms with Crippen molar-refractivity contribution in [2.24, 2.45) is 0 Å². The highest BCUT2D eigenvalue weighted by molar-refractivity contribution is 5.73. The first-order chi connectivity index (χ1) is 11.2. The van der Waals surface area contributed by atoms with Gasteiger partial charge >= 0.3 is 0 Å². The number of ether oxygens (including phenoxy) is 2. The van der Waals surface area contributed by atoms with Crippen LogP contribution < -0.4 is 14.8 Å². The molecule has 0 aliphatic heterocycles. The van der Waals surface area contributed by atoms with Gasteiger partial charge in [0.05, 0.1) is 7.11 Å². The summed E-state index contributed by atoms with van der Waals surface area (Å²) in [6.45, 7) is 2.48. The molecular formula is C19H21NO3. The van der Waals surface area contributed by atoms with Crippen LogP contribution in [0.25, 0.3) is 6.08 Å². The maximum atomic E-state index is 10.8. The van der Waals surface area contributed by atoms with Gasteiger partial charge in [0.25, 0.3) is 0 Å². The summed E-state index contributed by atoms with van der Waals surface area (Å²) in [4.78, 5) is 10.8.